The molecule has 0 heterocycles. The number of amides is 1. The molecule has 0 saturated carbocycles. The summed E-state index contributed by atoms with van der Waals surface area (Å²) in [4.78, 5) is 32.5. The normalized spacial score (nSPS) is 11.5. The van der Waals surface area contributed by atoms with Gasteiger partial charge in [0.1, 0.15) is 11.7 Å². The van der Waals surface area contributed by atoms with Gasteiger partial charge in [0.05, 0.1) is 18.6 Å². The molecule has 20 heavy (non-hydrogen) atoms. The van der Waals surface area contributed by atoms with E-state index in [1.165, 1.54) is 12.1 Å². The van der Waals surface area contributed by atoms with Crippen LogP contribution in [-0.4, -0.2) is 41.7 Å². The zero-order chi connectivity index (χ0) is 15.3. The minimum Gasteiger partial charge on any atom is -0.467 e. The minimum atomic E-state index is -1.15. The molecule has 0 aliphatic heterocycles. The Morgan fingerprint density at radius 3 is 2.65 bits per heavy atom. The van der Waals surface area contributed by atoms with Crippen molar-refractivity contribution >= 4 is 23.3 Å². The predicted octanol–water partition coefficient (Wildman–Crippen LogP) is -0.360. The number of aliphatic hydroxyl groups excluding tert-OH is 1. The van der Waals surface area contributed by atoms with E-state index in [2.05, 4.69) is 10.1 Å². The van der Waals surface area contributed by atoms with Crippen LogP contribution >= 0.6 is 0 Å². The molecule has 0 radical (unpaired) electrons. The zero-order valence-electron chi connectivity index (χ0n) is 10.5. The molecule has 4 N–H and O–H groups in total. The van der Waals surface area contributed by atoms with E-state index in [9.17, 15) is 19.7 Å². The summed E-state index contributed by atoms with van der Waals surface area (Å²) in [6.45, 7) is -0.610. The number of hydrogen-bond acceptors (Lipinski definition) is 7. The average molecular weight is 283 g/mol. The lowest BCUT2D eigenvalue weighted by Crippen LogP contribution is -2.34. The Balaban J connectivity index is 3.14. The number of nitrogens with two attached hydrogens (primary N) is 1. The number of nitro groups is 1. The van der Waals surface area contributed by atoms with E-state index in [4.69, 9.17) is 10.8 Å². The van der Waals surface area contributed by atoms with Crippen molar-refractivity contribution in [2.45, 2.75) is 6.04 Å². The molecule has 0 aliphatic rings. The van der Waals surface area contributed by atoms with Crippen LogP contribution in [0.5, 0.6) is 0 Å². The number of aliphatic hydroxyl groups is 1. The maximum absolute atomic E-state index is 11.3. The van der Waals surface area contributed by atoms with Gasteiger partial charge < -0.3 is 20.9 Å². The highest BCUT2D eigenvalue weighted by Crippen LogP contribution is 2.26. The summed E-state index contributed by atoms with van der Waals surface area (Å²) in [5.74, 6) is -1.59. The molecular weight excluding hydrogens is 270 g/mol. The van der Waals surface area contributed by atoms with Crippen molar-refractivity contribution in [3.05, 3.63) is 33.9 Å². The first kappa shape index (κ1) is 15.4. The highest BCUT2D eigenvalue weighted by molar-refractivity contribution is 5.94. The summed E-state index contributed by atoms with van der Waals surface area (Å²) in [5, 5.41) is 22.5. The molecule has 1 atom stereocenters. The van der Waals surface area contributed by atoms with Crippen molar-refractivity contribution in [3.63, 3.8) is 0 Å². The Bertz CT molecular complexity index is 545. The summed E-state index contributed by atoms with van der Waals surface area (Å²) < 4.78 is 4.43. The van der Waals surface area contributed by atoms with Crippen molar-refractivity contribution in [1.29, 1.82) is 0 Å². The fourth-order valence-electron chi connectivity index (χ4n) is 1.47. The topological polar surface area (TPSA) is 145 Å². The third kappa shape index (κ3) is 3.42. The summed E-state index contributed by atoms with van der Waals surface area (Å²) >= 11 is 0. The number of methoxy groups -OCH3 is 1. The number of carbonyl (C=O) groups excluding carboxylic acids is 2. The van der Waals surface area contributed by atoms with E-state index >= 15 is 0 Å². The molecule has 0 aromatic heterocycles. The van der Waals surface area contributed by atoms with E-state index in [1.54, 1.807) is 0 Å². The molecule has 1 unspecified atom stereocenters. The van der Waals surface area contributed by atoms with E-state index in [0.29, 0.717) is 0 Å². The van der Waals surface area contributed by atoms with Gasteiger partial charge in [-0.15, -0.1) is 0 Å². The second-order valence-corrected chi connectivity index (χ2v) is 3.76. The molecule has 0 bridgehead atoms. The first-order chi connectivity index (χ1) is 9.40. The van der Waals surface area contributed by atoms with Crippen LogP contribution < -0.4 is 11.1 Å². The largest absolute Gasteiger partial charge is 0.467 e. The van der Waals surface area contributed by atoms with Crippen LogP contribution in [0.2, 0.25) is 0 Å². The molecule has 1 aromatic carbocycles. The number of nitrogens with one attached hydrogen (secondary N) is 1. The number of benzene rings is 1. The average Bonchev–Trinajstić information content (AvgIpc) is 2.43. The van der Waals surface area contributed by atoms with Gasteiger partial charge in [0.25, 0.3) is 5.69 Å². The molecule has 0 aliphatic carbocycles. The van der Waals surface area contributed by atoms with Gasteiger partial charge >= 0.3 is 5.97 Å². The van der Waals surface area contributed by atoms with E-state index in [0.717, 1.165) is 13.2 Å². The van der Waals surface area contributed by atoms with Gasteiger partial charge in [-0.25, -0.2) is 4.79 Å². The number of rotatable bonds is 6. The van der Waals surface area contributed by atoms with E-state index < -0.39 is 35.1 Å². The summed E-state index contributed by atoms with van der Waals surface area (Å²) in [6.07, 6.45) is 0. The monoisotopic (exact) mass is 283 g/mol. The molecule has 0 fully saturated rings. The molecule has 1 rings (SSSR count). The number of esters is 1. The molecule has 0 saturated heterocycles. The molecule has 9 nitrogen and oxygen atoms in total. The Morgan fingerprint density at radius 1 is 1.55 bits per heavy atom. The summed E-state index contributed by atoms with van der Waals surface area (Å²) in [6, 6.07) is 2.32. The SMILES string of the molecule is COC(=O)C(CO)Nc1ccc(C(N)=O)cc1[N+](=O)[O-]. The number of nitro benzene ring substituents is 1. The van der Waals surface area contributed by atoms with Gasteiger partial charge in [0.2, 0.25) is 5.91 Å². The number of anilines is 1. The maximum Gasteiger partial charge on any atom is 0.330 e. The van der Waals surface area contributed by atoms with Gasteiger partial charge in [-0.3, -0.25) is 14.9 Å². The van der Waals surface area contributed by atoms with Crippen LogP contribution in [0.1, 0.15) is 10.4 Å². The Morgan fingerprint density at radius 2 is 2.20 bits per heavy atom. The van der Waals surface area contributed by atoms with Crippen LogP contribution in [0.3, 0.4) is 0 Å². The van der Waals surface area contributed by atoms with Gasteiger partial charge in [-0.05, 0) is 12.1 Å². The lowest BCUT2D eigenvalue weighted by molar-refractivity contribution is -0.384. The van der Waals surface area contributed by atoms with Crippen LogP contribution in [0, 0.1) is 10.1 Å². The Labute approximate surface area is 113 Å². The van der Waals surface area contributed by atoms with Crippen LogP contribution in [0.15, 0.2) is 18.2 Å². The van der Waals surface area contributed by atoms with Gasteiger partial charge in [0, 0.05) is 11.6 Å². The Hall–Kier alpha value is -2.68. The molecule has 108 valence electrons. The molecular formula is C11H13N3O6. The first-order valence-electron chi connectivity index (χ1n) is 5.44. The number of nitrogens with zero attached hydrogens (tertiary/aromatic N) is 1. The van der Waals surface area contributed by atoms with E-state index in [-0.39, 0.29) is 11.3 Å². The molecule has 9 heteroatoms. The number of hydrogen-bond donors (Lipinski definition) is 3. The fraction of sp³-hybridized carbons (Fsp3) is 0.273. The van der Waals surface area contributed by atoms with Crippen molar-refractivity contribution in [3.8, 4) is 0 Å². The van der Waals surface area contributed by atoms with Crippen molar-refractivity contribution in [2.75, 3.05) is 19.0 Å². The molecule has 0 spiro atoms. The van der Waals surface area contributed by atoms with Crippen molar-refractivity contribution in [1.82, 2.24) is 0 Å². The standard InChI is InChI=1S/C11H13N3O6/c1-20-11(17)8(5-15)13-7-3-2-6(10(12)16)4-9(7)14(18)19/h2-4,8,13,15H,5H2,1H3,(H2,12,16). The van der Waals surface area contributed by atoms with Gasteiger partial charge in [-0.2, -0.15) is 0 Å². The zero-order valence-corrected chi connectivity index (χ0v) is 10.5. The third-order valence-corrected chi connectivity index (χ3v) is 2.48. The number of ether oxygens (including phenoxy) is 1. The fourth-order valence-corrected chi connectivity index (χ4v) is 1.47. The van der Waals surface area contributed by atoms with Gasteiger partial charge in [-0.1, -0.05) is 0 Å². The minimum absolute atomic E-state index is 0.0375. The van der Waals surface area contributed by atoms with Crippen LogP contribution in [0.25, 0.3) is 0 Å². The lowest BCUT2D eigenvalue weighted by atomic mass is 10.1. The van der Waals surface area contributed by atoms with Crippen LogP contribution in [-0.2, 0) is 9.53 Å². The third-order valence-electron chi connectivity index (χ3n) is 2.48. The van der Waals surface area contributed by atoms with Gasteiger partial charge in [0.15, 0.2) is 0 Å². The van der Waals surface area contributed by atoms with Crippen molar-refractivity contribution < 1.29 is 24.4 Å². The summed E-state index contributed by atoms with van der Waals surface area (Å²) in [7, 11) is 1.12. The quantitative estimate of drug-likeness (QED) is 0.367. The highest BCUT2D eigenvalue weighted by Gasteiger charge is 2.23. The second kappa shape index (κ2) is 6.48. The number of carbonyl (C=O) groups is 2. The Kier molecular flexibility index (Phi) is 4.98. The molecule has 1 amide bonds. The predicted molar refractivity (Wildman–Crippen MR) is 68.1 cm³/mol. The molecule has 1 aromatic rings. The second-order valence-electron chi connectivity index (χ2n) is 3.76. The smallest absolute Gasteiger partial charge is 0.330 e. The first-order valence-corrected chi connectivity index (χ1v) is 5.44. The van der Waals surface area contributed by atoms with Crippen LogP contribution in [0.4, 0.5) is 11.4 Å². The maximum atomic E-state index is 11.3. The lowest BCUT2D eigenvalue weighted by Gasteiger charge is -2.15. The number of primary amides is 1. The summed E-state index contributed by atoms with van der Waals surface area (Å²) in [5.41, 5.74) is 4.51. The van der Waals surface area contributed by atoms with E-state index in [1.807, 2.05) is 0 Å². The van der Waals surface area contributed by atoms with Crippen molar-refractivity contribution in [2.24, 2.45) is 5.73 Å². The highest BCUT2D eigenvalue weighted by atomic mass is 16.6.